The molecule has 0 aliphatic carbocycles. The number of methoxy groups -OCH3 is 2. The first-order chi connectivity index (χ1) is 12.1. The number of hydrogen-bond donors (Lipinski definition) is 0. The van der Waals surface area contributed by atoms with Gasteiger partial charge >= 0.3 is 11.9 Å². The maximum Gasteiger partial charge on any atom is 0.363 e. The van der Waals surface area contributed by atoms with Crippen LogP contribution in [0.2, 0.25) is 0 Å². The first kappa shape index (κ1) is 16.4. The fourth-order valence-corrected chi connectivity index (χ4v) is 2.41. The van der Waals surface area contributed by atoms with Crippen LogP contribution in [0.15, 0.2) is 59.2 Å². The summed E-state index contributed by atoms with van der Waals surface area (Å²) in [4.78, 5) is 28.2. The Kier molecular flexibility index (Phi) is 4.61. The molecule has 0 bridgehead atoms. The molecule has 0 saturated heterocycles. The maximum atomic E-state index is 12.2. The van der Waals surface area contributed by atoms with Crippen LogP contribution in [0.25, 0.3) is 6.08 Å². The molecule has 0 fully saturated rings. The van der Waals surface area contributed by atoms with Crippen molar-refractivity contribution < 1.29 is 23.8 Å². The molecule has 1 heterocycles. The van der Waals surface area contributed by atoms with E-state index in [4.69, 9.17) is 14.2 Å². The summed E-state index contributed by atoms with van der Waals surface area (Å²) in [5.41, 5.74) is 1.53. The molecule has 2 aromatic carbocycles. The Labute approximate surface area is 144 Å². The van der Waals surface area contributed by atoms with Gasteiger partial charge < -0.3 is 14.2 Å². The van der Waals surface area contributed by atoms with E-state index in [-0.39, 0.29) is 11.6 Å². The molecular weight excluding hydrogens is 322 g/mol. The summed E-state index contributed by atoms with van der Waals surface area (Å²) in [6.07, 6.45) is 1.50. The molecule has 0 atom stereocenters. The molecule has 0 amide bonds. The van der Waals surface area contributed by atoms with Crippen molar-refractivity contribution >= 4 is 23.9 Å². The molecule has 0 radical (unpaired) electrons. The molecule has 1 aliphatic rings. The lowest BCUT2D eigenvalue weighted by Crippen LogP contribution is -2.07. The third kappa shape index (κ3) is 3.28. The number of nitrogens with zero attached hydrogens (tertiary/aromatic N) is 1. The highest BCUT2D eigenvalue weighted by Gasteiger charge is 2.26. The van der Waals surface area contributed by atoms with Crippen molar-refractivity contribution in [2.75, 3.05) is 14.2 Å². The van der Waals surface area contributed by atoms with Gasteiger partial charge in [-0.2, -0.15) is 0 Å². The second-order valence-corrected chi connectivity index (χ2v) is 5.12. The Morgan fingerprint density at radius 3 is 2.56 bits per heavy atom. The number of aliphatic imine (C=N–C) groups is 1. The van der Waals surface area contributed by atoms with Gasteiger partial charge in [-0.3, -0.25) is 0 Å². The molecule has 126 valence electrons. The van der Waals surface area contributed by atoms with E-state index in [2.05, 4.69) is 4.99 Å². The fraction of sp³-hybridized carbons (Fsp3) is 0.105. The smallest absolute Gasteiger partial charge is 0.363 e. The average molecular weight is 337 g/mol. The summed E-state index contributed by atoms with van der Waals surface area (Å²) >= 11 is 0. The van der Waals surface area contributed by atoms with Crippen LogP contribution in [0, 0.1) is 0 Å². The molecule has 1 aliphatic heterocycles. The van der Waals surface area contributed by atoms with Crippen molar-refractivity contribution in [2.45, 2.75) is 0 Å². The maximum absolute atomic E-state index is 12.2. The molecule has 3 rings (SSSR count). The van der Waals surface area contributed by atoms with Crippen LogP contribution in [0.4, 0.5) is 0 Å². The van der Waals surface area contributed by atoms with Crippen molar-refractivity contribution in [1.29, 1.82) is 0 Å². The van der Waals surface area contributed by atoms with Gasteiger partial charge in [0, 0.05) is 0 Å². The number of esters is 2. The van der Waals surface area contributed by atoms with Crippen LogP contribution >= 0.6 is 0 Å². The molecule has 0 spiro atoms. The minimum atomic E-state index is -0.597. The van der Waals surface area contributed by atoms with Crippen molar-refractivity contribution in [1.82, 2.24) is 0 Å². The van der Waals surface area contributed by atoms with Crippen LogP contribution < -0.4 is 4.74 Å². The van der Waals surface area contributed by atoms with Gasteiger partial charge in [-0.15, -0.1) is 0 Å². The number of carbonyl (C=O) groups excluding carboxylic acids is 2. The summed E-state index contributed by atoms with van der Waals surface area (Å²) in [5, 5.41) is 0. The first-order valence-electron chi connectivity index (χ1n) is 7.47. The van der Waals surface area contributed by atoms with Gasteiger partial charge in [0.1, 0.15) is 5.75 Å². The van der Waals surface area contributed by atoms with E-state index in [0.29, 0.717) is 22.4 Å². The Morgan fingerprint density at radius 1 is 1.08 bits per heavy atom. The van der Waals surface area contributed by atoms with E-state index in [1.165, 1.54) is 20.3 Å². The fourth-order valence-electron chi connectivity index (χ4n) is 2.41. The number of carbonyl (C=O) groups is 2. The predicted molar refractivity (Wildman–Crippen MR) is 91.4 cm³/mol. The highest BCUT2D eigenvalue weighted by Crippen LogP contribution is 2.25. The molecule has 0 N–H and O–H groups in total. The number of benzene rings is 2. The predicted octanol–water partition coefficient (Wildman–Crippen LogP) is 2.83. The summed E-state index contributed by atoms with van der Waals surface area (Å²) < 4.78 is 15.3. The highest BCUT2D eigenvalue weighted by atomic mass is 16.6. The molecule has 6 nitrogen and oxygen atoms in total. The largest absolute Gasteiger partial charge is 0.496 e. The standard InChI is InChI=1S/C19H15NO5/c1-23-16-10-6-5-9-14(16)17-20-15(19(22)25-17)11-12-7-3-4-8-13(12)18(21)24-2/h3-11H,1-2H3. The average Bonchev–Trinajstić information content (AvgIpc) is 3.02. The molecule has 0 aromatic heterocycles. The zero-order valence-corrected chi connectivity index (χ0v) is 13.7. The summed E-state index contributed by atoms with van der Waals surface area (Å²) in [7, 11) is 2.83. The second-order valence-electron chi connectivity index (χ2n) is 5.12. The Bertz CT molecular complexity index is 898. The Morgan fingerprint density at radius 2 is 1.80 bits per heavy atom. The molecule has 25 heavy (non-hydrogen) atoms. The number of cyclic esters (lactones) is 1. The van der Waals surface area contributed by atoms with Gasteiger partial charge in [0.25, 0.3) is 0 Å². The zero-order chi connectivity index (χ0) is 17.8. The lowest BCUT2D eigenvalue weighted by molar-refractivity contribution is -0.129. The minimum absolute atomic E-state index is 0.0947. The van der Waals surface area contributed by atoms with Gasteiger partial charge in [0.2, 0.25) is 5.90 Å². The second kappa shape index (κ2) is 7.00. The van der Waals surface area contributed by atoms with Crippen LogP contribution in [0.1, 0.15) is 21.5 Å². The number of hydrogen-bond acceptors (Lipinski definition) is 6. The normalized spacial score (nSPS) is 14.9. The number of rotatable bonds is 4. The van der Waals surface area contributed by atoms with Crippen LogP contribution in [0.5, 0.6) is 5.75 Å². The monoisotopic (exact) mass is 337 g/mol. The van der Waals surface area contributed by atoms with E-state index >= 15 is 0 Å². The van der Waals surface area contributed by atoms with Crippen molar-refractivity contribution in [3.8, 4) is 5.75 Å². The first-order valence-corrected chi connectivity index (χ1v) is 7.47. The Balaban J connectivity index is 2.02. The van der Waals surface area contributed by atoms with E-state index in [1.54, 1.807) is 42.5 Å². The van der Waals surface area contributed by atoms with Crippen LogP contribution in [-0.4, -0.2) is 32.1 Å². The molecule has 0 saturated carbocycles. The highest BCUT2D eigenvalue weighted by molar-refractivity contribution is 6.14. The number of ether oxygens (including phenoxy) is 3. The van der Waals surface area contributed by atoms with Gasteiger partial charge in [0.15, 0.2) is 5.70 Å². The van der Waals surface area contributed by atoms with E-state index in [0.717, 1.165) is 0 Å². The molecular formula is C19H15NO5. The van der Waals surface area contributed by atoms with Gasteiger partial charge in [-0.05, 0) is 29.8 Å². The van der Waals surface area contributed by atoms with Crippen molar-refractivity contribution in [2.24, 2.45) is 4.99 Å². The van der Waals surface area contributed by atoms with E-state index < -0.39 is 11.9 Å². The van der Waals surface area contributed by atoms with Gasteiger partial charge in [0.05, 0.1) is 25.3 Å². The van der Waals surface area contributed by atoms with Crippen LogP contribution in [-0.2, 0) is 14.3 Å². The summed E-state index contributed by atoms with van der Waals surface area (Å²) in [6.45, 7) is 0. The summed E-state index contributed by atoms with van der Waals surface area (Å²) in [5.74, 6) is -0.386. The van der Waals surface area contributed by atoms with Crippen molar-refractivity contribution in [3.05, 3.63) is 70.9 Å². The third-order valence-corrected chi connectivity index (χ3v) is 3.62. The number of para-hydroxylation sites is 1. The molecule has 0 unspecified atom stereocenters. The van der Waals surface area contributed by atoms with Crippen molar-refractivity contribution in [3.63, 3.8) is 0 Å². The topological polar surface area (TPSA) is 74.2 Å². The SMILES string of the molecule is COC(=O)c1ccccc1C=C1N=C(c2ccccc2OC)OC1=O. The lowest BCUT2D eigenvalue weighted by atomic mass is 10.1. The van der Waals surface area contributed by atoms with Gasteiger partial charge in [-0.25, -0.2) is 14.6 Å². The lowest BCUT2D eigenvalue weighted by Gasteiger charge is -2.05. The molecule has 2 aromatic rings. The zero-order valence-electron chi connectivity index (χ0n) is 13.7. The third-order valence-electron chi connectivity index (χ3n) is 3.62. The molecule has 6 heteroatoms. The van der Waals surface area contributed by atoms with Crippen LogP contribution in [0.3, 0.4) is 0 Å². The van der Waals surface area contributed by atoms with E-state index in [1.807, 2.05) is 6.07 Å². The van der Waals surface area contributed by atoms with E-state index in [9.17, 15) is 9.59 Å². The Hall–Kier alpha value is -3.41. The quantitative estimate of drug-likeness (QED) is 0.633. The van der Waals surface area contributed by atoms with Gasteiger partial charge in [-0.1, -0.05) is 30.3 Å². The summed E-state index contributed by atoms with van der Waals surface area (Å²) in [6, 6.07) is 13.9. The minimum Gasteiger partial charge on any atom is -0.496 e.